The Morgan fingerprint density at radius 3 is 2.90 bits per heavy atom. The number of nitrogens with zero attached hydrogens (tertiary/aromatic N) is 4. The Morgan fingerprint density at radius 2 is 2.25 bits per heavy atom. The first-order chi connectivity index (χ1) is 9.69. The maximum absolute atomic E-state index is 5.95. The van der Waals surface area contributed by atoms with E-state index in [0.29, 0.717) is 11.7 Å². The maximum atomic E-state index is 5.95. The van der Waals surface area contributed by atoms with E-state index in [2.05, 4.69) is 38.4 Å². The van der Waals surface area contributed by atoms with Gasteiger partial charge in [0.2, 0.25) is 0 Å². The van der Waals surface area contributed by atoms with E-state index in [1.807, 2.05) is 22.9 Å². The Labute approximate surface area is 126 Å². The van der Waals surface area contributed by atoms with Crippen LogP contribution in [0.2, 0.25) is 0 Å². The van der Waals surface area contributed by atoms with Gasteiger partial charge in [-0.25, -0.2) is 4.68 Å². The Kier molecular flexibility index (Phi) is 3.74. The van der Waals surface area contributed by atoms with Crippen molar-refractivity contribution in [2.75, 3.05) is 5.73 Å². The molecule has 1 aromatic heterocycles. The lowest BCUT2D eigenvalue weighted by molar-refractivity contribution is 0.388. The smallest absolute Gasteiger partial charge is 0.182 e. The SMILES string of the molecule is CCC(CC1CC1)n1nnnc1-c1ccc(Br)c(N)c1. The summed E-state index contributed by atoms with van der Waals surface area (Å²) in [6.07, 6.45) is 4.90. The van der Waals surface area contributed by atoms with Crippen LogP contribution in [-0.2, 0) is 0 Å². The van der Waals surface area contributed by atoms with E-state index >= 15 is 0 Å². The fraction of sp³-hybridized carbons (Fsp3) is 0.500. The molecule has 106 valence electrons. The molecule has 20 heavy (non-hydrogen) atoms. The molecule has 2 N–H and O–H groups in total. The first kappa shape index (κ1) is 13.5. The predicted octanol–water partition coefficient (Wildman–Crippen LogP) is 3.44. The van der Waals surface area contributed by atoms with Gasteiger partial charge in [0, 0.05) is 15.7 Å². The van der Waals surface area contributed by atoms with E-state index in [1.165, 1.54) is 19.3 Å². The highest BCUT2D eigenvalue weighted by molar-refractivity contribution is 9.10. The number of hydrogen-bond acceptors (Lipinski definition) is 4. The quantitative estimate of drug-likeness (QED) is 0.849. The van der Waals surface area contributed by atoms with Gasteiger partial charge in [-0.15, -0.1) is 5.10 Å². The summed E-state index contributed by atoms with van der Waals surface area (Å²) in [7, 11) is 0. The Morgan fingerprint density at radius 1 is 1.45 bits per heavy atom. The van der Waals surface area contributed by atoms with Crippen LogP contribution >= 0.6 is 15.9 Å². The summed E-state index contributed by atoms with van der Waals surface area (Å²) >= 11 is 3.41. The first-order valence-corrected chi connectivity index (χ1v) is 7.81. The number of rotatable bonds is 5. The number of hydrogen-bond donors (Lipinski definition) is 1. The molecule has 1 aliphatic rings. The summed E-state index contributed by atoms with van der Waals surface area (Å²) in [5, 5.41) is 12.2. The standard InChI is InChI=1S/C14H18BrN5/c1-2-11(7-9-3-4-9)20-14(17-18-19-20)10-5-6-12(15)13(16)8-10/h5-6,8-9,11H,2-4,7,16H2,1H3. The molecule has 6 heteroatoms. The predicted molar refractivity (Wildman–Crippen MR) is 82.0 cm³/mol. The Bertz CT molecular complexity index is 605. The van der Waals surface area contributed by atoms with Crippen molar-refractivity contribution in [3.8, 4) is 11.4 Å². The van der Waals surface area contributed by atoms with Gasteiger partial charge in [-0.05, 0) is 63.3 Å². The van der Waals surface area contributed by atoms with Gasteiger partial charge < -0.3 is 5.73 Å². The fourth-order valence-corrected chi connectivity index (χ4v) is 2.74. The average Bonchev–Trinajstić information content (AvgIpc) is 3.14. The van der Waals surface area contributed by atoms with Gasteiger partial charge >= 0.3 is 0 Å². The second kappa shape index (κ2) is 5.52. The van der Waals surface area contributed by atoms with E-state index in [0.717, 1.165) is 28.2 Å². The first-order valence-electron chi connectivity index (χ1n) is 7.02. The van der Waals surface area contributed by atoms with Crippen molar-refractivity contribution in [2.24, 2.45) is 5.92 Å². The number of anilines is 1. The van der Waals surface area contributed by atoms with E-state index in [9.17, 15) is 0 Å². The number of nitrogens with two attached hydrogens (primary N) is 1. The summed E-state index contributed by atoms with van der Waals surface area (Å²) < 4.78 is 2.85. The molecule has 1 heterocycles. The van der Waals surface area contributed by atoms with E-state index < -0.39 is 0 Å². The van der Waals surface area contributed by atoms with Crippen LogP contribution in [0.5, 0.6) is 0 Å². The van der Waals surface area contributed by atoms with Crippen molar-refractivity contribution in [3.63, 3.8) is 0 Å². The number of tetrazole rings is 1. The molecule has 2 aromatic rings. The summed E-state index contributed by atoms with van der Waals surface area (Å²) in [5.74, 6) is 1.66. The van der Waals surface area contributed by atoms with Crippen LogP contribution in [0.3, 0.4) is 0 Å². The van der Waals surface area contributed by atoms with Crippen LogP contribution in [0.15, 0.2) is 22.7 Å². The van der Waals surface area contributed by atoms with Crippen LogP contribution in [0.25, 0.3) is 11.4 Å². The summed E-state index contributed by atoms with van der Waals surface area (Å²) in [4.78, 5) is 0. The molecule has 0 saturated heterocycles. The highest BCUT2D eigenvalue weighted by Gasteiger charge is 2.27. The van der Waals surface area contributed by atoms with Gasteiger partial charge in [-0.2, -0.15) is 0 Å². The number of halogens is 1. The lowest BCUT2D eigenvalue weighted by Crippen LogP contribution is -2.12. The topological polar surface area (TPSA) is 69.6 Å². The van der Waals surface area contributed by atoms with Gasteiger partial charge in [0.05, 0.1) is 6.04 Å². The van der Waals surface area contributed by atoms with Crippen molar-refractivity contribution < 1.29 is 0 Å². The lowest BCUT2D eigenvalue weighted by Gasteiger charge is -2.16. The van der Waals surface area contributed by atoms with Crippen LogP contribution in [0, 0.1) is 5.92 Å². The molecule has 1 atom stereocenters. The minimum atomic E-state index is 0.373. The van der Waals surface area contributed by atoms with Crippen molar-refractivity contribution in [1.82, 2.24) is 20.2 Å². The zero-order valence-corrected chi connectivity index (χ0v) is 13.0. The van der Waals surface area contributed by atoms with Gasteiger partial charge in [0.1, 0.15) is 0 Å². The highest BCUT2D eigenvalue weighted by atomic mass is 79.9. The third-order valence-corrected chi connectivity index (χ3v) is 4.59. The van der Waals surface area contributed by atoms with Gasteiger partial charge in [-0.1, -0.05) is 19.8 Å². The largest absolute Gasteiger partial charge is 0.398 e. The maximum Gasteiger partial charge on any atom is 0.182 e. The molecule has 1 aromatic carbocycles. The second-order valence-electron chi connectivity index (χ2n) is 5.42. The molecule has 0 bridgehead atoms. The molecule has 1 unspecified atom stereocenters. The van der Waals surface area contributed by atoms with E-state index in [4.69, 9.17) is 5.73 Å². The normalized spacial score (nSPS) is 16.3. The van der Waals surface area contributed by atoms with Gasteiger partial charge in [0.15, 0.2) is 5.82 Å². The number of nitrogen functional groups attached to an aromatic ring is 1. The molecule has 5 nitrogen and oxygen atoms in total. The summed E-state index contributed by atoms with van der Waals surface area (Å²) in [5.41, 5.74) is 7.62. The molecule has 1 aliphatic carbocycles. The van der Waals surface area contributed by atoms with Crippen LogP contribution in [0.4, 0.5) is 5.69 Å². The summed E-state index contributed by atoms with van der Waals surface area (Å²) in [6, 6.07) is 6.21. The minimum Gasteiger partial charge on any atom is -0.398 e. The molecule has 0 aliphatic heterocycles. The fourth-order valence-electron chi connectivity index (χ4n) is 2.49. The average molecular weight is 336 g/mol. The molecule has 3 rings (SSSR count). The van der Waals surface area contributed by atoms with Crippen molar-refractivity contribution in [2.45, 2.75) is 38.6 Å². The van der Waals surface area contributed by atoms with Crippen molar-refractivity contribution in [3.05, 3.63) is 22.7 Å². The van der Waals surface area contributed by atoms with Crippen LogP contribution in [-0.4, -0.2) is 20.2 Å². The molecular weight excluding hydrogens is 318 g/mol. The van der Waals surface area contributed by atoms with Crippen molar-refractivity contribution >= 4 is 21.6 Å². The Balaban J connectivity index is 1.93. The monoisotopic (exact) mass is 335 g/mol. The molecule has 1 fully saturated rings. The lowest BCUT2D eigenvalue weighted by atomic mass is 10.1. The zero-order valence-electron chi connectivity index (χ0n) is 11.5. The highest BCUT2D eigenvalue weighted by Crippen LogP contribution is 2.38. The van der Waals surface area contributed by atoms with Crippen molar-refractivity contribution in [1.29, 1.82) is 0 Å². The second-order valence-corrected chi connectivity index (χ2v) is 6.28. The molecule has 1 saturated carbocycles. The van der Waals surface area contributed by atoms with E-state index in [-0.39, 0.29) is 0 Å². The third-order valence-electron chi connectivity index (χ3n) is 3.87. The van der Waals surface area contributed by atoms with Crippen LogP contribution < -0.4 is 5.73 Å². The third kappa shape index (κ3) is 2.70. The van der Waals surface area contributed by atoms with Gasteiger partial charge in [0.25, 0.3) is 0 Å². The minimum absolute atomic E-state index is 0.373. The number of benzene rings is 1. The molecule has 0 amide bonds. The van der Waals surface area contributed by atoms with Crippen LogP contribution in [0.1, 0.15) is 38.6 Å². The Hall–Kier alpha value is -1.43. The zero-order chi connectivity index (χ0) is 14.1. The summed E-state index contributed by atoms with van der Waals surface area (Å²) in [6.45, 7) is 2.19. The molecule has 0 spiro atoms. The van der Waals surface area contributed by atoms with Gasteiger partial charge in [-0.3, -0.25) is 0 Å². The molecular formula is C14H18BrN5. The number of aromatic nitrogens is 4. The van der Waals surface area contributed by atoms with E-state index in [1.54, 1.807) is 0 Å². The molecule has 0 radical (unpaired) electrons.